The van der Waals surface area contributed by atoms with Crippen LogP contribution in [0.15, 0.2) is 23.9 Å². The Kier molecular flexibility index (Phi) is 4.65. The molecule has 0 aromatic rings. The van der Waals surface area contributed by atoms with Crippen molar-refractivity contribution in [2.24, 2.45) is 5.73 Å². The van der Waals surface area contributed by atoms with E-state index in [1.165, 1.54) is 0 Å². The van der Waals surface area contributed by atoms with E-state index in [4.69, 9.17) is 15.9 Å². The van der Waals surface area contributed by atoms with E-state index in [1.54, 1.807) is 0 Å². The van der Waals surface area contributed by atoms with Crippen LogP contribution in [-0.2, 0) is 0 Å². The number of nitrogens with zero attached hydrogens (tertiary/aromatic N) is 1. The molecule has 80 valence electrons. The fourth-order valence-corrected chi connectivity index (χ4v) is 1.60. The molecule has 1 aliphatic carbocycles. The largest absolute Gasteiger partial charge is 0.399 e. The van der Waals surface area contributed by atoms with Crippen molar-refractivity contribution in [1.29, 1.82) is 0 Å². The molecule has 0 aromatic heterocycles. The number of rotatable bonds is 5. The number of aliphatic hydroxyl groups is 2. The van der Waals surface area contributed by atoms with Crippen molar-refractivity contribution in [3.63, 3.8) is 0 Å². The third-order valence-electron chi connectivity index (χ3n) is 2.35. The van der Waals surface area contributed by atoms with Gasteiger partial charge in [-0.05, 0) is 12.5 Å². The van der Waals surface area contributed by atoms with Crippen LogP contribution < -0.4 is 5.73 Å². The molecule has 0 saturated heterocycles. The number of allylic oxidation sites excluding steroid dienone is 1. The molecule has 4 N–H and O–H groups in total. The van der Waals surface area contributed by atoms with Crippen LogP contribution in [0.4, 0.5) is 0 Å². The van der Waals surface area contributed by atoms with E-state index < -0.39 is 0 Å². The van der Waals surface area contributed by atoms with Gasteiger partial charge >= 0.3 is 0 Å². The fourth-order valence-electron chi connectivity index (χ4n) is 1.60. The highest BCUT2D eigenvalue weighted by molar-refractivity contribution is 5.22. The molecule has 0 heterocycles. The molecular weight excluding hydrogens is 180 g/mol. The Bertz CT molecular complexity index is 220. The van der Waals surface area contributed by atoms with Crippen molar-refractivity contribution in [3.8, 4) is 0 Å². The highest BCUT2D eigenvalue weighted by atomic mass is 16.3. The topological polar surface area (TPSA) is 69.7 Å². The van der Waals surface area contributed by atoms with Crippen molar-refractivity contribution >= 4 is 0 Å². The second kappa shape index (κ2) is 5.80. The van der Waals surface area contributed by atoms with Crippen LogP contribution >= 0.6 is 0 Å². The van der Waals surface area contributed by atoms with Gasteiger partial charge in [0, 0.05) is 24.8 Å². The Morgan fingerprint density at radius 3 is 2.43 bits per heavy atom. The summed E-state index contributed by atoms with van der Waals surface area (Å²) >= 11 is 0. The minimum Gasteiger partial charge on any atom is -0.399 e. The number of nitrogens with two attached hydrogens (primary N) is 1. The van der Waals surface area contributed by atoms with Crippen molar-refractivity contribution in [2.45, 2.75) is 12.5 Å². The highest BCUT2D eigenvalue weighted by Gasteiger charge is 2.15. The molecule has 0 amide bonds. The average Bonchev–Trinajstić information content (AvgIpc) is 2.19. The molecule has 1 atom stereocenters. The molecule has 14 heavy (non-hydrogen) atoms. The van der Waals surface area contributed by atoms with Gasteiger partial charge in [0.1, 0.15) is 0 Å². The summed E-state index contributed by atoms with van der Waals surface area (Å²) in [5.74, 6) is 0. The van der Waals surface area contributed by atoms with Gasteiger partial charge in [-0.25, -0.2) is 0 Å². The summed E-state index contributed by atoms with van der Waals surface area (Å²) < 4.78 is 0. The normalized spacial score (nSPS) is 21.4. The lowest BCUT2D eigenvalue weighted by Crippen LogP contribution is -2.38. The average molecular weight is 198 g/mol. The molecule has 0 aromatic carbocycles. The lowest BCUT2D eigenvalue weighted by molar-refractivity contribution is 0.139. The maximum atomic E-state index is 8.86. The SMILES string of the molecule is NC1=CCC(N(CCO)CCO)C=C1. The third kappa shape index (κ3) is 3.14. The van der Waals surface area contributed by atoms with E-state index in [0.717, 1.165) is 12.1 Å². The number of hydrogen-bond donors (Lipinski definition) is 3. The van der Waals surface area contributed by atoms with Gasteiger partial charge < -0.3 is 15.9 Å². The van der Waals surface area contributed by atoms with E-state index in [9.17, 15) is 0 Å². The maximum absolute atomic E-state index is 8.86. The third-order valence-corrected chi connectivity index (χ3v) is 2.35. The van der Waals surface area contributed by atoms with Gasteiger partial charge in [0.05, 0.1) is 13.2 Å². The zero-order valence-corrected chi connectivity index (χ0v) is 8.26. The van der Waals surface area contributed by atoms with Crippen LogP contribution in [0.5, 0.6) is 0 Å². The van der Waals surface area contributed by atoms with Crippen LogP contribution in [0.1, 0.15) is 6.42 Å². The standard InChI is InChI=1S/C10H18N2O2/c11-9-1-3-10(4-2-9)12(5-7-13)6-8-14/h1-3,10,13-14H,4-8,11H2. The van der Waals surface area contributed by atoms with Gasteiger partial charge in [-0.1, -0.05) is 12.2 Å². The second-order valence-electron chi connectivity index (χ2n) is 3.35. The molecular formula is C10H18N2O2. The first-order valence-corrected chi connectivity index (χ1v) is 4.87. The number of hydrogen-bond acceptors (Lipinski definition) is 4. The van der Waals surface area contributed by atoms with Crippen molar-refractivity contribution in [3.05, 3.63) is 23.9 Å². The Balaban J connectivity index is 2.48. The minimum atomic E-state index is 0.115. The zero-order valence-electron chi connectivity index (χ0n) is 8.26. The Labute approximate surface area is 84.3 Å². The maximum Gasteiger partial charge on any atom is 0.0558 e. The van der Waals surface area contributed by atoms with Gasteiger partial charge in [-0.2, -0.15) is 0 Å². The van der Waals surface area contributed by atoms with Gasteiger partial charge in [0.25, 0.3) is 0 Å². The molecule has 1 aliphatic rings. The van der Waals surface area contributed by atoms with Crippen molar-refractivity contribution in [2.75, 3.05) is 26.3 Å². The monoisotopic (exact) mass is 198 g/mol. The Morgan fingerprint density at radius 1 is 1.36 bits per heavy atom. The molecule has 0 radical (unpaired) electrons. The van der Waals surface area contributed by atoms with Crippen LogP contribution in [0.25, 0.3) is 0 Å². The van der Waals surface area contributed by atoms with Gasteiger partial charge in [-0.15, -0.1) is 0 Å². The molecule has 1 rings (SSSR count). The first-order chi connectivity index (χ1) is 6.77. The molecule has 4 heteroatoms. The molecule has 0 spiro atoms. The predicted molar refractivity (Wildman–Crippen MR) is 55.6 cm³/mol. The van der Waals surface area contributed by atoms with Gasteiger partial charge in [0.15, 0.2) is 0 Å². The van der Waals surface area contributed by atoms with E-state index in [2.05, 4.69) is 0 Å². The zero-order chi connectivity index (χ0) is 10.4. The molecule has 0 fully saturated rings. The minimum absolute atomic E-state index is 0.115. The molecule has 4 nitrogen and oxygen atoms in total. The summed E-state index contributed by atoms with van der Waals surface area (Å²) in [6.45, 7) is 1.40. The van der Waals surface area contributed by atoms with Crippen molar-refractivity contribution < 1.29 is 10.2 Å². The van der Waals surface area contributed by atoms with Gasteiger partial charge in [-0.3, -0.25) is 4.90 Å². The van der Waals surface area contributed by atoms with Crippen LogP contribution in [-0.4, -0.2) is 47.5 Å². The van der Waals surface area contributed by atoms with E-state index in [-0.39, 0.29) is 19.3 Å². The first kappa shape index (κ1) is 11.2. The van der Waals surface area contributed by atoms with Gasteiger partial charge in [0.2, 0.25) is 0 Å². The molecule has 0 bridgehead atoms. The first-order valence-electron chi connectivity index (χ1n) is 4.87. The quantitative estimate of drug-likeness (QED) is 0.554. The lowest BCUT2D eigenvalue weighted by atomic mass is 10.1. The summed E-state index contributed by atoms with van der Waals surface area (Å²) in [6, 6.07) is 0.251. The summed E-state index contributed by atoms with van der Waals surface area (Å²) in [4.78, 5) is 2.04. The highest BCUT2D eigenvalue weighted by Crippen LogP contribution is 2.12. The van der Waals surface area contributed by atoms with Crippen LogP contribution in [0.3, 0.4) is 0 Å². The smallest absolute Gasteiger partial charge is 0.0558 e. The summed E-state index contributed by atoms with van der Waals surface area (Å²) in [5, 5.41) is 17.7. The predicted octanol–water partition coefficient (Wildman–Crippen LogP) is -0.556. The summed E-state index contributed by atoms with van der Waals surface area (Å²) in [7, 11) is 0. The fraction of sp³-hybridized carbons (Fsp3) is 0.600. The van der Waals surface area contributed by atoms with E-state index in [0.29, 0.717) is 13.1 Å². The molecule has 1 unspecified atom stereocenters. The second-order valence-corrected chi connectivity index (χ2v) is 3.35. The van der Waals surface area contributed by atoms with E-state index in [1.807, 2.05) is 23.1 Å². The summed E-state index contributed by atoms with van der Waals surface area (Å²) in [5.41, 5.74) is 6.39. The molecule has 0 saturated carbocycles. The van der Waals surface area contributed by atoms with Crippen molar-refractivity contribution in [1.82, 2.24) is 4.90 Å². The lowest BCUT2D eigenvalue weighted by Gasteiger charge is -2.29. The Morgan fingerprint density at radius 2 is 2.00 bits per heavy atom. The summed E-state index contributed by atoms with van der Waals surface area (Å²) in [6.07, 6.45) is 6.70. The van der Waals surface area contributed by atoms with Crippen LogP contribution in [0, 0.1) is 0 Å². The number of aliphatic hydroxyl groups excluding tert-OH is 2. The molecule has 0 aliphatic heterocycles. The van der Waals surface area contributed by atoms with E-state index >= 15 is 0 Å². The Hall–Kier alpha value is -0.840. The van der Waals surface area contributed by atoms with Crippen LogP contribution in [0.2, 0.25) is 0 Å².